The summed E-state index contributed by atoms with van der Waals surface area (Å²) in [5, 5.41) is 0.0461. The predicted molar refractivity (Wildman–Crippen MR) is 153 cm³/mol. The first kappa shape index (κ1) is 25.9. The molecule has 2 N–H and O–H groups in total. The van der Waals surface area contributed by atoms with Crippen molar-refractivity contribution in [1.82, 2.24) is 29.2 Å². The molecule has 1 saturated heterocycles. The van der Waals surface area contributed by atoms with Crippen LogP contribution in [-0.4, -0.2) is 68.4 Å². The Bertz CT molecular complexity index is 1730. The van der Waals surface area contributed by atoms with Crippen LogP contribution in [0.1, 0.15) is 30.1 Å². The Labute approximate surface area is 235 Å². The molecule has 1 saturated carbocycles. The molecule has 7 rings (SSSR count). The summed E-state index contributed by atoms with van der Waals surface area (Å²) in [5.41, 5.74) is 8.72. The van der Waals surface area contributed by atoms with Gasteiger partial charge in [0.25, 0.3) is 0 Å². The van der Waals surface area contributed by atoms with E-state index in [9.17, 15) is 13.2 Å². The number of fused-ring (bicyclic) bond motifs is 2. The van der Waals surface area contributed by atoms with Gasteiger partial charge < -0.3 is 10.6 Å². The summed E-state index contributed by atoms with van der Waals surface area (Å²) < 4.78 is 44.4. The molecule has 41 heavy (non-hydrogen) atoms. The highest BCUT2D eigenvalue weighted by Gasteiger charge is 2.38. The molecule has 10 heteroatoms. The van der Waals surface area contributed by atoms with Gasteiger partial charge in [-0.1, -0.05) is 42.5 Å². The highest BCUT2D eigenvalue weighted by molar-refractivity contribution is 5.93. The van der Waals surface area contributed by atoms with E-state index in [1.807, 2.05) is 16.7 Å². The van der Waals surface area contributed by atoms with Crippen LogP contribution in [0, 0.1) is 0 Å². The number of piperazine rings is 1. The molecule has 4 heterocycles. The third-order valence-corrected chi connectivity index (χ3v) is 8.60. The Morgan fingerprint density at radius 3 is 2.39 bits per heavy atom. The van der Waals surface area contributed by atoms with Crippen LogP contribution in [0.2, 0.25) is 0 Å². The second-order valence-corrected chi connectivity index (χ2v) is 11.2. The maximum atomic E-state index is 14.1. The summed E-state index contributed by atoms with van der Waals surface area (Å²) >= 11 is 0. The zero-order valence-corrected chi connectivity index (χ0v) is 22.6. The van der Waals surface area contributed by atoms with Crippen molar-refractivity contribution in [2.45, 2.75) is 31.0 Å². The minimum absolute atomic E-state index is 0.0461. The molecule has 2 fully saturated rings. The SMILES string of the molecule is CN1CCN(C2CC(c3nc(-c4ccc5c(C(F)(F)F)cc(-c6ccccc6)nc5c4)c4c(N)nccn34)C2)CC1. The number of nitrogens with two attached hydrogens (primary N) is 1. The number of nitrogens with zero attached hydrogens (tertiary/aromatic N) is 6. The number of hydrogen-bond donors (Lipinski definition) is 1. The normalized spacial score (nSPS) is 20.5. The van der Waals surface area contributed by atoms with E-state index in [4.69, 9.17) is 10.7 Å². The van der Waals surface area contributed by atoms with Crippen LogP contribution in [0.15, 0.2) is 67.0 Å². The molecular weight excluding hydrogens is 527 g/mol. The standard InChI is InChI=1S/C31H30F3N7/c1-39-11-13-40(14-12-39)22-15-21(16-22)30-38-27(28-29(35)36-9-10-41(28)30)20-7-8-23-24(31(32,33)34)18-25(37-26(23)17-20)19-5-3-2-4-6-19/h2-10,17-18,21-22H,11-16H2,1H3,(H2,35,36). The van der Waals surface area contributed by atoms with E-state index in [0.29, 0.717) is 34.2 Å². The van der Waals surface area contributed by atoms with Gasteiger partial charge in [0, 0.05) is 67.0 Å². The molecule has 3 aromatic heterocycles. The highest BCUT2D eigenvalue weighted by atomic mass is 19.4. The van der Waals surface area contributed by atoms with E-state index >= 15 is 0 Å². The Hall–Kier alpha value is -4.02. The van der Waals surface area contributed by atoms with Crippen LogP contribution >= 0.6 is 0 Å². The van der Waals surface area contributed by atoms with E-state index in [-0.39, 0.29) is 22.5 Å². The molecule has 0 bridgehead atoms. The predicted octanol–water partition coefficient (Wildman–Crippen LogP) is 5.71. The lowest BCUT2D eigenvalue weighted by atomic mass is 9.78. The number of halogens is 3. The molecule has 1 aliphatic carbocycles. The minimum atomic E-state index is -4.53. The van der Waals surface area contributed by atoms with E-state index in [2.05, 4.69) is 26.8 Å². The van der Waals surface area contributed by atoms with E-state index in [1.54, 1.807) is 42.6 Å². The second kappa shape index (κ2) is 9.81. The van der Waals surface area contributed by atoms with Gasteiger partial charge in [0.05, 0.1) is 16.8 Å². The first-order valence-electron chi connectivity index (χ1n) is 13.9. The van der Waals surface area contributed by atoms with Gasteiger partial charge in [0.1, 0.15) is 22.9 Å². The number of pyridine rings is 1. The average molecular weight is 558 g/mol. The average Bonchev–Trinajstić information content (AvgIpc) is 3.33. The summed E-state index contributed by atoms with van der Waals surface area (Å²) in [6.07, 6.45) is 1.03. The van der Waals surface area contributed by atoms with E-state index in [0.717, 1.165) is 50.9 Å². The van der Waals surface area contributed by atoms with Crippen LogP contribution in [0.3, 0.4) is 0 Å². The largest absolute Gasteiger partial charge is 0.417 e. The molecule has 0 unspecified atom stereocenters. The number of anilines is 1. The van der Waals surface area contributed by atoms with Crippen molar-refractivity contribution < 1.29 is 13.2 Å². The molecule has 5 aromatic rings. The smallest absolute Gasteiger partial charge is 0.382 e. The summed E-state index contributed by atoms with van der Waals surface area (Å²) in [6, 6.07) is 15.4. The number of alkyl halides is 3. The first-order chi connectivity index (χ1) is 19.8. The van der Waals surface area contributed by atoms with Gasteiger partial charge in [-0.05, 0) is 32.0 Å². The van der Waals surface area contributed by atoms with E-state index < -0.39 is 11.7 Å². The monoisotopic (exact) mass is 557 g/mol. The molecule has 0 atom stereocenters. The van der Waals surface area contributed by atoms with Crippen molar-refractivity contribution in [1.29, 1.82) is 0 Å². The van der Waals surface area contributed by atoms with Crippen LogP contribution < -0.4 is 5.73 Å². The number of rotatable bonds is 4. The summed E-state index contributed by atoms with van der Waals surface area (Å²) in [5.74, 6) is 1.51. The molecule has 7 nitrogen and oxygen atoms in total. The lowest BCUT2D eigenvalue weighted by Crippen LogP contribution is -2.52. The quantitative estimate of drug-likeness (QED) is 0.305. The van der Waals surface area contributed by atoms with Gasteiger partial charge in [0.15, 0.2) is 0 Å². The zero-order chi connectivity index (χ0) is 28.3. The molecule has 0 amide bonds. The number of likely N-dealkylation sites (N-methyl/N-ethyl adjacent to an activating group) is 1. The van der Waals surface area contributed by atoms with Crippen molar-refractivity contribution in [3.8, 4) is 22.5 Å². The van der Waals surface area contributed by atoms with Crippen molar-refractivity contribution in [3.05, 3.63) is 78.4 Å². The number of aromatic nitrogens is 4. The third kappa shape index (κ3) is 4.61. The second-order valence-electron chi connectivity index (χ2n) is 11.2. The number of hydrogen-bond acceptors (Lipinski definition) is 6. The minimum Gasteiger partial charge on any atom is -0.382 e. The zero-order valence-electron chi connectivity index (χ0n) is 22.6. The van der Waals surface area contributed by atoms with Crippen molar-refractivity contribution in [3.63, 3.8) is 0 Å². The fourth-order valence-corrected chi connectivity index (χ4v) is 6.23. The van der Waals surface area contributed by atoms with Crippen molar-refractivity contribution in [2.24, 2.45) is 0 Å². The first-order valence-corrected chi connectivity index (χ1v) is 13.9. The fourth-order valence-electron chi connectivity index (χ4n) is 6.23. The lowest BCUT2D eigenvalue weighted by molar-refractivity contribution is -0.136. The van der Waals surface area contributed by atoms with E-state index in [1.165, 1.54) is 6.07 Å². The van der Waals surface area contributed by atoms with Gasteiger partial charge in [-0.15, -0.1) is 0 Å². The fraction of sp³-hybridized carbons (Fsp3) is 0.323. The van der Waals surface area contributed by atoms with Gasteiger partial charge in [-0.3, -0.25) is 9.30 Å². The van der Waals surface area contributed by atoms with Crippen LogP contribution in [-0.2, 0) is 6.18 Å². The summed E-state index contributed by atoms with van der Waals surface area (Å²) in [6.45, 7) is 4.32. The molecule has 2 aliphatic rings. The summed E-state index contributed by atoms with van der Waals surface area (Å²) in [4.78, 5) is 18.9. The Kier molecular flexibility index (Phi) is 6.20. The van der Waals surface area contributed by atoms with Gasteiger partial charge in [-0.2, -0.15) is 13.2 Å². The molecule has 2 aromatic carbocycles. The summed E-state index contributed by atoms with van der Waals surface area (Å²) in [7, 11) is 2.16. The molecule has 210 valence electrons. The third-order valence-electron chi connectivity index (χ3n) is 8.60. The number of nitrogen functional groups attached to an aromatic ring is 1. The Morgan fingerprint density at radius 2 is 1.66 bits per heavy atom. The van der Waals surface area contributed by atoms with Crippen molar-refractivity contribution in [2.75, 3.05) is 39.0 Å². The molecule has 0 radical (unpaired) electrons. The highest BCUT2D eigenvalue weighted by Crippen LogP contribution is 2.43. The van der Waals surface area contributed by atoms with Gasteiger partial charge in [-0.25, -0.2) is 15.0 Å². The maximum absolute atomic E-state index is 14.1. The Morgan fingerprint density at radius 1 is 0.902 bits per heavy atom. The van der Waals surface area contributed by atoms with Gasteiger partial charge in [0.2, 0.25) is 0 Å². The molecular formula is C31H30F3N7. The van der Waals surface area contributed by atoms with Crippen LogP contribution in [0.5, 0.6) is 0 Å². The molecule has 1 aliphatic heterocycles. The van der Waals surface area contributed by atoms with Crippen LogP contribution in [0.25, 0.3) is 38.9 Å². The lowest BCUT2D eigenvalue weighted by Gasteiger charge is -2.45. The van der Waals surface area contributed by atoms with Gasteiger partial charge >= 0.3 is 6.18 Å². The number of benzene rings is 2. The maximum Gasteiger partial charge on any atom is 0.417 e. The topological polar surface area (TPSA) is 75.6 Å². The number of imidazole rings is 1. The van der Waals surface area contributed by atoms with Crippen molar-refractivity contribution >= 4 is 22.2 Å². The Balaban J connectivity index is 1.30. The molecule has 0 spiro atoms. The van der Waals surface area contributed by atoms with Crippen LogP contribution in [0.4, 0.5) is 19.0 Å².